The monoisotopic (exact) mass is 312 g/mol. The molecule has 0 unspecified atom stereocenters. The van der Waals surface area contributed by atoms with Crippen molar-refractivity contribution in [1.29, 1.82) is 0 Å². The summed E-state index contributed by atoms with van der Waals surface area (Å²) in [6.45, 7) is 2.15. The molecule has 0 radical (unpaired) electrons. The summed E-state index contributed by atoms with van der Waals surface area (Å²) < 4.78 is 28.4. The maximum atomic E-state index is 12.3. The number of piperazine rings is 1. The van der Waals surface area contributed by atoms with Gasteiger partial charge in [0.25, 0.3) is 5.91 Å². The van der Waals surface area contributed by atoms with E-state index in [-0.39, 0.29) is 5.91 Å². The highest BCUT2D eigenvalue weighted by atomic mass is 32.2. The Hall–Kier alpha value is -1.64. The number of rotatable bonds is 4. The Kier molecular flexibility index (Phi) is 4.81. The topological polar surface area (TPSA) is 81.8 Å². The zero-order chi connectivity index (χ0) is 15.5. The van der Waals surface area contributed by atoms with Crippen molar-refractivity contribution < 1.29 is 13.2 Å². The van der Waals surface area contributed by atoms with Crippen LogP contribution in [0.4, 0.5) is 5.69 Å². The molecule has 0 saturated carbocycles. The van der Waals surface area contributed by atoms with E-state index < -0.39 is 10.2 Å². The lowest BCUT2D eigenvalue weighted by Crippen LogP contribution is -2.48. The van der Waals surface area contributed by atoms with Gasteiger partial charge in [-0.1, -0.05) is 6.07 Å². The molecule has 0 bridgehead atoms. The Balaban J connectivity index is 2.15. The fourth-order valence-corrected chi connectivity index (χ4v) is 3.29. The summed E-state index contributed by atoms with van der Waals surface area (Å²) in [6.07, 6.45) is 0. The van der Waals surface area contributed by atoms with Crippen LogP contribution in [0.25, 0.3) is 0 Å². The second-order valence-corrected chi connectivity index (χ2v) is 6.71. The Labute approximate surface area is 125 Å². The summed E-state index contributed by atoms with van der Waals surface area (Å²) >= 11 is 0. The van der Waals surface area contributed by atoms with E-state index in [0.29, 0.717) is 37.4 Å². The van der Waals surface area contributed by atoms with Crippen LogP contribution in [0.1, 0.15) is 10.4 Å². The fraction of sp³-hybridized carbons (Fsp3) is 0.462. The zero-order valence-electron chi connectivity index (χ0n) is 12.2. The van der Waals surface area contributed by atoms with Gasteiger partial charge in [-0.3, -0.25) is 9.52 Å². The average Bonchev–Trinajstić information content (AvgIpc) is 2.47. The average molecular weight is 312 g/mol. The quantitative estimate of drug-likeness (QED) is 0.817. The second-order valence-electron chi connectivity index (χ2n) is 5.04. The molecule has 1 aliphatic heterocycles. The van der Waals surface area contributed by atoms with Crippen molar-refractivity contribution >= 4 is 21.8 Å². The van der Waals surface area contributed by atoms with Crippen LogP contribution < -0.4 is 10.0 Å². The number of nitrogens with zero attached hydrogens (tertiary/aromatic N) is 2. The van der Waals surface area contributed by atoms with Crippen molar-refractivity contribution in [2.45, 2.75) is 0 Å². The molecule has 1 fully saturated rings. The first kappa shape index (κ1) is 15.7. The van der Waals surface area contributed by atoms with Crippen LogP contribution in [0.15, 0.2) is 24.3 Å². The highest BCUT2D eigenvalue weighted by Crippen LogP contribution is 2.15. The largest absolute Gasteiger partial charge is 0.345 e. The molecular weight excluding hydrogens is 292 g/mol. The summed E-state index contributed by atoms with van der Waals surface area (Å²) in [5, 5.41) is 3.10. The minimum atomic E-state index is -3.58. The molecule has 2 rings (SSSR count). The lowest BCUT2D eigenvalue weighted by Gasteiger charge is -2.27. The van der Waals surface area contributed by atoms with Crippen LogP contribution in [0.5, 0.6) is 0 Å². The zero-order valence-corrected chi connectivity index (χ0v) is 13.0. The standard InChI is InChI=1S/C13H20N4O3S/c1-16(2)13(18)11-4-3-5-12(10-11)15-21(19,20)17-8-6-14-7-9-17/h3-5,10,14-15H,6-9H2,1-2H3. The van der Waals surface area contributed by atoms with Crippen molar-refractivity contribution in [3.05, 3.63) is 29.8 Å². The van der Waals surface area contributed by atoms with Crippen LogP contribution >= 0.6 is 0 Å². The van der Waals surface area contributed by atoms with Gasteiger partial charge in [-0.25, -0.2) is 0 Å². The molecule has 21 heavy (non-hydrogen) atoms. The lowest BCUT2D eigenvalue weighted by molar-refractivity contribution is 0.0827. The van der Waals surface area contributed by atoms with Gasteiger partial charge in [-0.05, 0) is 18.2 Å². The van der Waals surface area contributed by atoms with Crippen molar-refractivity contribution in [2.75, 3.05) is 45.0 Å². The Morgan fingerprint density at radius 1 is 1.29 bits per heavy atom. The third kappa shape index (κ3) is 3.93. The molecule has 7 nitrogen and oxygen atoms in total. The number of carbonyl (C=O) groups excluding carboxylic acids is 1. The molecule has 0 atom stereocenters. The van der Waals surface area contributed by atoms with E-state index in [0.717, 1.165) is 0 Å². The third-order valence-corrected chi connectivity index (χ3v) is 4.72. The molecule has 1 heterocycles. The van der Waals surface area contributed by atoms with Crippen LogP contribution in [0.2, 0.25) is 0 Å². The van der Waals surface area contributed by atoms with Gasteiger partial charge in [0, 0.05) is 45.8 Å². The maximum absolute atomic E-state index is 12.3. The van der Waals surface area contributed by atoms with Crippen molar-refractivity contribution in [1.82, 2.24) is 14.5 Å². The smallest absolute Gasteiger partial charge is 0.301 e. The summed E-state index contributed by atoms with van der Waals surface area (Å²) in [5.41, 5.74) is 0.835. The molecule has 1 saturated heterocycles. The van der Waals surface area contributed by atoms with Gasteiger partial charge >= 0.3 is 10.2 Å². The van der Waals surface area contributed by atoms with Crippen LogP contribution in [0, 0.1) is 0 Å². The van der Waals surface area contributed by atoms with Gasteiger partial charge < -0.3 is 10.2 Å². The summed E-state index contributed by atoms with van der Waals surface area (Å²) in [5.74, 6) is -0.168. The van der Waals surface area contributed by atoms with Gasteiger partial charge in [0.2, 0.25) is 0 Å². The molecule has 0 spiro atoms. The fourth-order valence-electron chi connectivity index (χ4n) is 2.07. The number of nitrogens with one attached hydrogen (secondary N) is 2. The van der Waals surface area contributed by atoms with Crippen molar-refractivity contribution in [3.63, 3.8) is 0 Å². The number of hydrogen-bond donors (Lipinski definition) is 2. The van der Waals surface area contributed by atoms with Crippen LogP contribution in [0.3, 0.4) is 0 Å². The van der Waals surface area contributed by atoms with E-state index >= 15 is 0 Å². The molecule has 0 aliphatic carbocycles. The predicted octanol–water partition coefficient (Wildman–Crippen LogP) is -0.0497. The minimum absolute atomic E-state index is 0.168. The van der Waals surface area contributed by atoms with Crippen LogP contribution in [-0.4, -0.2) is 63.8 Å². The number of hydrogen-bond acceptors (Lipinski definition) is 4. The first-order valence-corrected chi connectivity index (χ1v) is 8.14. The van der Waals surface area contributed by atoms with Gasteiger partial charge in [-0.15, -0.1) is 0 Å². The number of benzene rings is 1. The van der Waals surface area contributed by atoms with E-state index in [2.05, 4.69) is 10.0 Å². The van der Waals surface area contributed by atoms with E-state index in [1.165, 1.54) is 9.21 Å². The molecule has 1 aromatic carbocycles. The highest BCUT2D eigenvalue weighted by molar-refractivity contribution is 7.90. The predicted molar refractivity (Wildman–Crippen MR) is 81.4 cm³/mol. The Bertz CT molecular complexity index is 610. The summed E-state index contributed by atoms with van der Waals surface area (Å²) in [6, 6.07) is 6.49. The van der Waals surface area contributed by atoms with E-state index in [4.69, 9.17) is 0 Å². The molecule has 1 amide bonds. The van der Waals surface area contributed by atoms with Gasteiger partial charge in [0.05, 0.1) is 5.69 Å². The van der Waals surface area contributed by atoms with Gasteiger partial charge in [-0.2, -0.15) is 12.7 Å². The number of amides is 1. The van der Waals surface area contributed by atoms with Gasteiger partial charge in [0.1, 0.15) is 0 Å². The third-order valence-electron chi connectivity index (χ3n) is 3.18. The van der Waals surface area contributed by atoms with E-state index in [1.807, 2.05) is 0 Å². The van der Waals surface area contributed by atoms with Crippen LogP contribution in [-0.2, 0) is 10.2 Å². The minimum Gasteiger partial charge on any atom is -0.345 e. The normalized spacial score (nSPS) is 16.5. The summed E-state index contributed by atoms with van der Waals surface area (Å²) in [7, 11) is -0.275. The molecule has 8 heteroatoms. The highest BCUT2D eigenvalue weighted by Gasteiger charge is 2.23. The van der Waals surface area contributed by atoms with Crippen molar-refractivity contribution in [3.8, 4) is 0 Å². The van der Waals surface area contributed by atoms with Gasteiger partial charge in [0.15, 0.2) is 0 Å². The number of carbonyl (C=O) groups is 1. The Morgan fingerprint density at radius 3 is 2.57 bits per heavy atom. The van der Waals surface area contributed by atoms with E-state index in [1.54, 1.807) is 38.4 Å². The molecule has 0 aromatic heterocycles. The molecule has 1 aliphatic rings. The molecule has 116 valence electrons. The lowest BCUT2D eigenvalue weighted by atomic mass is 10.2. The molecule has 1 aromatic rings. The SMILES string of the molecule is CN(C)C(=O)c1cccc(NS(=O)(=O)N2CCNCC2)c1. The van der Waals surface area contributed by atoms with Crippen molar-refractivity contribution in [2.24, 2.45) is 0 Å². The Morgan fingerprint density at radius 2 is 1.95 bits per heavy atom. The first-order valence-electron chi connectivity index (χ1n) is 6.70. The number of anilines is 1. The second kappa shape index (κ2) is 6.42. The molecule has 2 N–H and O–H groups in total. The maximum Gasteiger partial charge on any atom is 0.301 e. The molecular formula is C13H20N4O3S. The first-order chi connectivity index (χ1) is 9.90. The van der Waals surface area contributed by atoms with E-state index in [9.17, 15) is 13.2 Å². The summed E-state index contributed by atoms with van der Waals surface area (Å²) in [4.78, 5) is 13.3.